The molecule has 0 radical (unpaired) electrons. The highest BCUT2D eigenvalue weighted by Crippen LogP contribution is 2.75. The van der Waals surface area contributed by atoms with Crippen molar-refractivity contribution in [3.05, 3.63) is 0 Å². The monoisotopic (exact) mass is 302 g/mol. The summed E-state index contributed by atoms with van der Waals surface area (Å²) in [6.07, 6.45) is 7.88. The SMILES string of the molecule is C[C@]12CCC(=O)C[C@@H]1CC[C@H]1[C@@H]3CCC(=O)[C@@]3(C)C[C@@H]3O[C@@]312. The highest BCUT2D eigenvalue weighted by atomic mass is 16.6. The maximum absolute atomic E-state index is 12.5. The Morgan fingerprint density at radius 3 is 2.68 bits per heavy atom. The third-order valence-corrected chi connectivity index (χ3v) is 8.56. The summed E-state index contributed by atoms with van der Waals surface area (Å²) < 4.78 is 6.46. The van der Waals surface area contributed by atoms with Gasteiger partial charge in [0.15, 0.2) is 0 Å². The van der Waals surface area contributed by atoms with Crippen LogP contribution in [0.3, 0.4) is 0 Å². The van der Waals surface area contributed by atoms with Crippen LogP contribution in [0.15, 0.2) is 0 Å². The van der Waals surface area contributed by atoms with Gasteiger partial charge in [0.2, 0.25) is 0 Å². The van der Waals surface area contributed by atoms with Crippen LogP contribution in [0.25, 0.3) is 0 Å². The average molecular weight is 302 g/mol. The van der Waals surface area contributed by atoms with E-state index in [0.717, 1.165) is 51.4 Å². The third kappa shape index (κ3) is 1.31. The minimum absolute atomic E-state index is 0.00537. The number of fused-ring (bicyclic) bond motifs is 3. The molecule has 0 N–H and O–H groups in total. The van der Waals surface area contributed by atoms with Gasteiger partial charge in [-0.25, -0.2) is 0 Å². The molecule has 5 aliphatic rings. The predicted molar refractivity (Wildman–Crippen MR) is 81.2 cm³/mol. The van der Waals surface area contributed by atoms with Gasteiger partial charge in [0.25, 0.3) is 0 Å². The van der Waals surface area contributed by atoms with E-state index in [0.29, 0.717) is 29.3 Å². The summed E-state index contributed by atoms with van der Waals surface area (Å²) in [4.78, 5) is 24.4. The second-order valence-electron chi connectivity index (χ2n) is 9.13. The molecule has 120 valence electrons. The second kappa shape index (κ2) is 3.85. The molecule has 0 aromatic heterocycles. The predicted octanol–water partition coefficient (Wildman–Crippen LogP) is 3.30. The van der Waals surface area contributed by atoms with Crippen LogP contribution in [-0.2, 0) is 14.3 Å². The lowest BCUT2D eigenvalue weighted by atomic mass is 9.45. The maximum atomic E-state index is 12.5. The summed E-state index contributed by atoms with van der Waals surface area (Å²) in [5.41, 5.74) is 0.0515. The summed E-state index contributed by atoms with van der Waals surface area (Å²) in [5.74, 6) is 2.52. The van der Waals surface area contributed by atoms with E-state index in [4.69, 9.17) is 4.74 Å². The summed E-state index contributed by atoms with van der Waals surface area (Å²) in [5, 5.41) is 0. The maximum Gasteiger partial charge on any atom is 0.139 e. The summed E-state index contributed by atoms with van der Waals surface area (Å²) in [7, 11) is 0. The molecule has 1 spiro atoms. The minimum atomic E-state index is -0.122. The molecule has 4 aliphatic carbocycles. The largest absolute Gasteiger partial charge is 0.365 e. The highest BCUT2D eigenvalue weighted by Gasteiger charge is 2.79. The fraction of sp³-hybridized carbons (Fsp3) is 0.895. The van der Waals surface area contributed by atoms with Crippen LogP contribution in [0.4, 0.5) is 0 Å². The first-order valence-electron chi connectivity index (χ1n) is 9.15. The van der Waals surface area contributed by atoms with E-state index in [-0.39, 0.29) is 22.5 Å². The van der Waals surface area contributed by atoms with Crippen molar-refractivity contribution >= 4 is 11.6 Å². The molecular weight excluding hydrogens is 276 g/mol. The van der Waals surface area contributed by atoms with E-state index in [1.165, 1.54) is 0 Å². The fourth-order valence-electron chi connectivity index (χ4n) is 7.28. The Labute approximate surface area is 132 Å². The molecule has 0 aromatic rings. The van der Waals surface area contributed by atoms with E-state index in [1.54, 1.807) is 0 Å². The van der Waals surface area contributed by atoms with Gasteiger partial charge in [0.05, 0.1) is 6.10 Å². The van der Waals surface area contributed by atoms with Crippen LogP contribution in [0.1, 0.15) is 65.2 Å². The van der Waals surface area contributed by atoms with Gasteiger partial charge in [0, 0.05) is 30.1 Å². The number of carbonyl (C=O) groups is 2. The first-order chi connectivity index (χ1) is 10.4. The van der Waals surface area contributed by atoms with Crippen molar-refractivity contribution in [2.24, 2.45) is 28.6 Å². The summed E-state index contributed by atoms with van der Waals surface area (Å²) in [6, 6.07) is 0. The lowest BCUT2D eigenvalue weighted by Gasteiger charge is -2.57. The fourth-order valence-corrected chi connectivity index (χ4v) is 7.28. The van der Waals surface area contributed by atoms with E-state index in [1.807, 2.05) is 0 Å². The van der Waals surface area contributed by atoms with Crippen molar-refractivity contribution in [2.75, 3.05) is 0 Å². The molecule has 0 aromatic carbocycles. The summed E-state index contributed by atoms with van der Waals surface area (Å²) in [6.45, 7) is 4.60. The normalized spacial score (nSPS) is 59.4. The number of hydrogen-bond donors (Lipinski definition) is 0. The van der Waals surface area contributed by atoms with Gasteiger partial charge in [-0.05, 0) is 49.9 Å². The van der Waals surface area contributed by atoms with Crippen LogP contribution in [-0.4, -0.2) is 23.3 Å². The highest BCUT2D eigenvalue weighted by molar-refractivity contribution is 5.87. The van der Waals surface area contributed by atoms with Crippen molar-refractivity contribution in [1.82, 2.24) is 0 Å². The quantitative estimate of drug-likeness (QED) is 0.645. The molecule has 3 nitrogen and oxygen atoms in total. The van der Waals surface area contributed by atoms with Gasteiger partial charge in [-0.3, -0.25) is 9.59 Å². The molecule has 0 amide bonds. The summed E-state index contributed by atoms with van der Waals surface area (Å²) >= 11 is 0. The van der Waals surface area contributed by atoms with Gasteiger partial charge < -0.3 is 4.74 Å². The van der Waals surface area contributed by atoms with Crippen molar-refractivity contribution in [1.29, 1.82) is 0 Å². The first kappa shape index (κ1) is 13.7. The van der Waals surface area contributed by atoms with Gasteiger partial charge >= 0.3 is 0 Å². The zero-order valence-corrected chi connectivity index (χ0v) is 13.7. The number of carbonyl (C=O) groups excluding carboxylic acids is 2. The zero-order valence-electron chi connectivity index (χ0n) is 13.7. The Kier molecular flexibility index (Phi) is 2.40. The number of Topliss-reactive ketones (excluding diaryl/α,β-unsaturated/α-hetero) is 2. The first-order valence-corrected chi connectivity index (χ1v) is 9.15. The molecule has 4 saturated carbocycles. The van der Waals surface area contributed by atoms with Crippen LogP contribution in [0, 0.1) is 28.6 Å². The van der Waals surface area contributed by atoms with E-state index >= 15 is 0 Å². The number of ketones is 2. The number of epoxide rings is 1. The Morgan fingerprint density at radius 2 is 1.86 bits per heavy atom. The molecule has 1 aliphatic heterocycles. The van der Waals surface area contributed by atoms with Crippen molar-refractivity contribution in [2.45, 2.75) is 76.9 Å². The van der Waals surface area contributed by atoms with Crippen LogP contribution in [0.2, 0.25) is 0 Å². The van der Waals surface area contributed by atoms with Crippen molar-refractivity contribution < 1.29 is 14.3 Å². The Morgan fingerprint density at radius 1 is 1.05 bits per heavy atom. The Hall–Kier alpha value is -0.700. The molecule has 1 heterocycles. The average Bonchev–Trinajstić information content (AvgIpc) is 3.12. The molecule has 7 atom stereocenters. The molecule has 5 fully saturated rings. The molecule has 22 heavy (non-hydrogen) atoms. The zero-order chi connectivity index (χ0) is 15.3. The van der Waals surface area contributed by atoms with Gasteiger partial charge in [-0.2, -0.15) is 0 Å². The lowest BCUT2D eigenvalue weighted by molar-refractivity contribution is -0.140. The van der Waals surface area contributed by atoms with Gasteiger partial charge in [-0.1, -0.05) is 13.8 Å². The van der Waals surface area contributed by atoms with Crippen LogP contribution < -0.4 is 0 Å². The molecule has 0 unspecified atom stereocenters. The minimum Gasteiger partial charge on any atom is -0.365 e. The third-order valence-electron chi connectivity index (χ3n) is 8.56. The molecule has 3 heteroatoms. The molecule has 0 bridgehead atoms. The molecule has 5 rings (SSSR count). The topological polar surface area (TPSA) is 46.7 Å². The molecule has 1 saturated heterocycles. The van der Waals surface area contributed by atoms with Crippen LogP contribution >= 0.6 is 0 Å². The number of hydrogen-bond acceptors (Lipinski definition) is 3. The lowest BCUT2D eigenvalue weighted by Crippen LogP contribution is -2.60. The van der Waals surface area contributed by atoms with E-state index < -0.39 is 0 Å². The van der Waals surface area contributed by atoms with E-state index in [2.05, 4.69) is 13.8 Å². The van der Waals surface area contributed by atoms with Crippen LogP contribution in [0.5, 0.6) is 0 Å². The van der Waals surface area contributed by atoms with Crippen molar-refractivity contribution in [3.63, 3.8) is 0 Å². The standard InChI is InChI=1S/C19H26O3/c1-17-10-16-19(22-16)14(13(17)5-6-15(17)21)4-3-11-9-12(20)7-8-18(11,19)2/h11,13-14,16H,3-10H2,1-2H3/t11-,13-,14-,16-,17-,18-,19+/m0/s1. The second-order valence-corrected chi connectivity index (χ2v) is 9.13. The Balaban J connectivity index is 1.57. The molecular formula is C19H26O3. The smallest absolute Gasteiger partial charge is 0.139 e. The van der Waals surface area contributed by atoms with Gasteiger partial charge in [-0.15, -0.1) is 0 Å². The van der Waals surface area contributed by atoms with Crippen molar-refractivity contribution in [3.8, 4) is 0 Å². The number of rotatable bonds is 0. The number of ether oxygens (including phenoxy) is 1. The van der Waals surface area contributed by atoms with E-state index in [9.17, 15) is 9.59 Å². The Bertz CT molecular complexity index is 583. The van der Waals surface area contributed by atoms with Gasteiger partial charge in [0.1, 0.15) is 17.2 Å².